The Morgan fingerprint density at radius 3 is 3.17 bits per heavy atom. The zero-order chi connectivity index (χ0) is 13.0. The quantitative estimate of drug-likeness (QED) is 0.794. The molecule has 0 radical (unpaired) electrons. The van der Waals surface area contributed by atoms with Gasteiger partial charge in [-0.05, 0) is 36.1 Å². The van der Waals surface area contributed by atoms with Crippen molar-refractivity contribution in [3.8, 4) is 18.1 Å². The highest BCUT2D eigenvalue weighted by Crippen LogP contribution is 2.33. The van der Waals surface area contributed by atoms with Crippen LogP contribution in [0.3, 0.4) is 0 Å². The van der Waals surface area contributed by atoms with E-state index in [0.29, 0.717) is 12.3 Å². The van der Waals surface area contributed by atoms with Crippen LogP contribution in [0.2, 0.25) is 0 Å². The van der Waals surface area contributed by atoms with Crippen LogP contribution in [0, 0.1) is 12.3 Å². The van der Waals surface area contributed by atoms with Gasteiger partial charge in [0.2, 0.25) is 0 Å². The van der Waals surface area contributed by atoms with Gasteiger partial charge in [-0.25, -0.2) is 4.79 Å². The van der Waals surface area contributed by atoms with Gasteiger partial charge in [0.05, 0.1) is 6.54 Å². The minimum absolute atomic E-state index is 0.254. The largest absolute Gasteiger partial charge is 0.412 e. The van der Waals surface area contributed by atoms with Gasteiger partial charge >= 0.3 is 6.09 Å². The second kappa shape index (κ2) is 5.56. The van der Waals surface area contributed by atoms with Crippen LogP contribution < -0.4 is 15.4 Å². The highest BCUT2D eigenvalue weighted by atomic mass is 16.5. The van der Waals surface area contributed by atoms with Crippen molar-refractivity contribution in [2.24, 2.45) is 0 Å². The summed E-state index contributed by atoms with van der Waals surface area (Å²) in [6, 6.07) is 5.98. The van der Waals surface area contributed by atoms with Crippen LogP contribution >= 0.6 is 0 Å². The molecule has 0 aromatic heterocycles. The van der Waals surface area contributed by atoms with Crippen molar-refractivity contribution in [3.63, 3.8) is 0 Å². The van der Waals surface area contributed by atoms with Crippen molar-refractivity contribution in [2.45, 2.75) is 18.9 Å². The zero-order valence-electron chi connectivity index (χ0n) is 10.3. The van der Waals surface area contributed by atoms with Gasteiger partial charge in [-0.3, -0.25) is 5.32 Å². The number of terminal acetylenes is 1. The lowest BCUT2D eigenvalue weighted by atomic mass is 10.1. The monoisotopic (exact) mass is 244 g/mol. The Balaban J connectivity index is 2.15. The molecule has 18 heavy (non-hydrogen) atoms. The summed E-state index contributed by atoms with van der Waals surface area (Å²) < 4.78 is 5.12. The van der Waals surface area contributed by atoms with Crippen molar-refractivity contribution in [1.82, 2.24) is 10.6 Å². The van der Waals surface area contributed by atoms with E-state index in [1.807, 2.05) is 18.2 Å². The second-order valence-electron chi connectivity index (χ2n) is 4.18. The minimum atomic E-state index is -0.457. The van der Waals surface area contributed by atoms with Crippen LogP contribution in [0.4, 0.5) is 4.79 Å². The predicted octanol–water partition coefficient (Wildman–Crippen LogP) is 1.61. The van der Waals surface area contributed by atoms with Crippen molar-refractivity contribution >= 4 is 6.09 Å². The van der Waals surface area contributed by atoms with Gasteiger partial charge in [-0.1, -0.05) is 12.0 Å². The van der Waals surface area contributed by atoms with Crippen LogP contribution in [0.1, 0.15) is 23.6 Å². The lowest BCUT2D eigenvalue weighted by Crippen LogP contribution is -2.22. The maximum absolute atomic E-state index is 11.2. The summed E-state index contributed by atoms with van der Waals surface area (Å²) >= 11 is 0. The molecular formula is C14H16N2O2. The van der Waals surface area contributed by atoms with Gasteiger partial charge in [0.15, 0.2) is 0 Å². The third kappa shape index (κ3) is 2.63. The maximum atomic E-state index is 11.2. The Bertz CT molecular complexity index is 491. The van der Waals surface area contributed by atoms with Crippen LogP contribution in [0.25, 0.3) is 0 Å². The predicted molar refractivity (Wildman–Crippen MR) is 69.4 cm³/mol. The first-order chi connectivity index (χ1) is 8.74. The lowest BCUT2D eigenvalue weighted by Gasteiger charge is -2.13. The van der Waals surface area contributed by atoms with Gasteiger partial charge in [-0.2, -0.15) is 0 Å². The molecular weight excluding hydrogens is 228 g/mol. The minimum Gasteiger partial charge on any atom is -0.410 e. The average molecular weight is 244 g/mol. The molecule has 0 saturated carbocycles. The zero-order valence-corrected chi connectivity index (χ0v) is 10.3. The third-order valence-electron chi connectivity index (χ3n) is 3.06. The molecule has 0 bridgehead atoms. The molecule has 0 heterocycles. The first-order valence-electron chi connectivity index (χ1n) is 5.94. The summed E-state index contributed by atoms with van der Waals surface area (Å²) in [5.41, 5.74) is 2.46. The molecule has 1 unspecified atom stereocenters. The number of rotatable bonds is 3. The molecule has 0 fully saturated rings. The second-order valence-corrected chi connectivity index (χ2v) is 4.18. The Morgan fingerprint density at radius 2 is 2.44 bits per heavy atom. The lowest BCUT2D eigenvalue weighted by molar-refractivity contribution is 0.203. The number of carbonyl (C=O) groups excluding carboxylic acids is 1. The number of hydrogen-bond acceptors (Lipinski definition) is 3. The number of benzene rings is 1. The smallest absolute Gasteiger partial charge is 0.410 e. The number of nitrogens with one attached hydrogen (secondary N) is 2. The van der Waals surface area contributed by atoms with Crippen LogP contribution in [-0.4, -0.2) is 19.7 Å². The van der Waals surface area contributed by atoms with Gasteiger partial charge in [0, 0.05) is 13.1 Å². The van der Waals surface area contributed by atoms with Crippen molar-refractivity contribution in [3.05, 3.63) is 29.3 Å². The van der Waals surface area contributed by atoms with E-state index in [2.05, 4.69) is 16.6 Å². The molecule has 0 saturated heterocycles. The fourth-order valence-corrected chi connectivity index (χ4v) is 2.20. The molecule has 1 atom stereocenters. The summed E-state index contributed by atoms with van der Waals surface area (Å²) in [6.07, 6.45) is 6.85. The molecule has 1 aliphatic rings. The van der Waals surface area contributed by atoms with Crippen LogP contribution in [0.5, 0.6) is 5.75 Å². The van der Waals surface area contributed by atoms with E-state index < -0.39 is 6.09 Å². The van der Waals surface area contributed by atoms with Crippen molar-refractivity contribution in [2.75, 3.05) is 13.6 Å². The van der Waals surface area contributed by atoms with E-state index in [-0.39, 0.29) is 6.04 Å². The Hall–Kier alpha value is -1.99. The summed E-state index contributed by atoms with van der Waals surface area (Å²) in [5.74, 6) is 3.13. The number of amides is 1. The average Bonchev–Trinajstić information content (AvgIpc) is 2.78. The number of hydrogen-bond donors (Lipinski definition) is 2. The first kappa shape index (κ1) is 12.5. The van der Waals surface area contributed by atoms with E-state index in [9.17, 15) is 4.79 Å². The SMILES string of the molecule is C#CCNC1CCc2ccc(OC(=O)NC)cc21. The molecule has 1 aromatic rings. The Labute approximate surface area is 107 Å². The Morgan fingerprint density at radius 1 is 1.61 bits per heavy atom. The topological polar surface area (TPSA) is 50.4 Å². The standard InChI is InChI=1S/C14H16N2O2/c1-3-8-16-13-7-5-10-4-6-11(9-12(10)13)18-14(17)15-2/h1,4,6,9,13,16H,5,7-8H2,2H3,(H,15,17). The van der Waals surface area contributed by atoms with Gasteiger partial charge < -0.3 is 10.1 Å². The number of fused-ring (bicyclic) bond motifs is 1. The normalized spacial score (nSPS) is 16.8. The summed E-state index contributed by atoms with van der Waals surface area (Å²) in [6.45, 7) is 0.546. The molecule has 94 valence electrons. The number of aryl methyl sites for hydroxylation is 1. The Kier molecular flexibility index (Phi) is 3.85. The molecule has 0 spiro atoms. The highest BCUT2D eigenvalue weighted by Gasteiger charge is 2.22. The molecule has 1 aromatic carbocycles. The fourth-order valence-electron chi connectivity index (χ4n) is 2.20. The van der Waals surface area contributed by atoms with Crippen LogP contribution in [-0.2, 0) is 6.42 Å². The first-order valence-corrected chi connectivity index (χ1v) is 5.94. The van der Waals surface area contributed by atoms with E-state index in [1.165, 1.54) is 18.2 Å². The maximum Gasteiger partial charge on any atom is 0.412 e. The van der Waals surface area contributed by atoms with Crippen molar-refractivity contribution < 1.29 is 9.53 Å². The van der Waals surface area contributed by atoms with E-state index in [1.54, 1.807) is 0 Å². The molecule has 0 aliphatic heterocycles. The van der Waals surface area contributed by atoms with E-state index >= 15 is 0 Å². The highest BCUT2D eigenvalue weighted by molar-refractivity contribution is 5.70. The molecule has 2 N–H and O–H groups in total. The molecule has 4 heteroatoms. The fraction of sp³-hybridized carbons (Fsp3) is 0.357. The number of ether oxygens (including phenoxy) is 1. The van der Waals surface area contributed by atoms with Gasteiger partial charge in [0.25, 0.3) is 0 Å². The third-order valence-corrected chi connectivity index (χ3v) is 3.06. The number of carbonyl (C=O) groups is 1. The van der Waals surface area contributed by atoms with E-state index in [0.717, 1.165) is 12.8 Å². The van der Waals surface area contributed by atoms with Crippen LogP contribution in [0.15, 0.2) is 18.2 Å². The van der Waals surface area contributed by atoms with E-state index in [4.69, 9.17) is 11.2 Å². The summed E-state index contributed by atoms with van der Waals surface area (Å²) in [7, 11) is 1.53. The molecule has 2 rings (SSSR count). The molecule has 1 amide bonds. The molecule has 1 aliphatic carbocycles. The van der Waals surface area contributed by atoms with Gasteiger partial charge in [0.1, 0.15) is 5.75 Å². The summed E-state index contributed by atoms with van der Waals surface area (Å²) in [4.78, 5) is 11.2. The van der Waals surface area contributed by atoms with Gasteiger partial charge in [-0.15, -0.1) is 6.42 Å². The molecule has 4 nitrogen and oxygen atoms in total. The van der Waals surface area contributed by atoms with Crippen molar-refractivity contribution in [1.29, 1.82) is 0 Å². The summed E-state index contributed by atoms with van der Waals surface area (Å²) in [5, 5.41) is 5.71.